The van der Waals surface area contributed by atoms with E-state index in [1.165, 1.54) is 12.1 Å². The molecular weight excluding hydrogens is 336 g/mol. The number of carboxylic acid groups (broad SMARTS) is 1. The van der Waals surface area contributed by atoms with Gasteiger partial charge in [-0.1, -0.05) is 36.4 Å². The van der Waals surface area contributed by atoms with Crippen molar-refractivity contribution in [2.45, 2.75) is 32.2 Å². The zero-order chi connectivity index (χ0) is 19.1. The summed E-state index contributed by atoms with van der Waals surface area (Å²) < 4.78 is 0. The fourth-order valence-electron chi connectivity index (χ4n) is 2.68. The Bertz CT molecular complexity index is 802. The number of nitro benzene ring substituents is 1. The number of carboxylic acids is 1. The lowest BCUT2D eigenvalue weighted by molar-refractivity contribution is -0.384. The van der Waals surface area contributed by atoms with Gasteiger partial charge in [0, 0.05) is 18.2 Å². The first kappa shape index (κ1) is 19.1. The molecule has 2 aromatic rings. The van der Waals surface area contributed by atoms with Gasteiger partial charge in [-0.05, 0) is 30.0 Å². The number of hydrogen-bond donors (Lipinski definition) is 2. The first-order chi connectivity index (χ1) is 12.3. The molecule has 136 valence electrons. The minimum Gasteiger partial charge on any atom is -0.481 e. The highest BCUT2D eigenvalue weighted by atomic mass is 16.6. The van der Waals surface area contributed by atoms with E-state index >= 15 is 0 Å². The van der Waals surface area contributed by atoms with E-state index in [0.717, 1.165) is 16.7 Å². The Morgan fingerprint density at radius 1 is 1.15 bits per heavy atom. The molecule has 7 nitrogen and oxygen atoms in total. The Hall–Kier alpha value is -3.22. The molecule has 2 N–H and O–H groups in total. The second-order valence-electron chi connectivity index (χ2n) is 6.09. The number of amides is 1. The summed E-state index contributed by atoms with van der Waals surface area (Å²) in [5.41, 5.74) is 2.56. The van der Waals surface area contributed by atoms with Gasteiger partial charge in [0.2, 0.25) is 5.91 Å². The summed E-state index contributed by atoms with van der Waals surface area (Å²) >= 11 is 0. The van der Waals surface area contributed by atoms with Gasteiger partial charge >= 0.3 is 5.97 Å². The smallest absolute Gasteiger partial charge is 0.305 e. The van der Waals surface area contributed by atoms with Gasteiger partial charge in [-0.25, -0.2) is 0 Å². The van der Waals surface area contributed by atoms with Crippen molar-refractivity contribution in [2.75, 3.05) is 0 Å². The summed E-state index contributed by atoms with van der Waals surface area (Å²) in [6, 6.07) is 12.8. The van der Waals surface area contributed by atoms with Crippen LogP contribution >= 0.6 is 0 Å². The number of nitro groups is 1. The summed E-state index contributed by atoms with van der Waals surface area (Å²) in [6.45, 7) is 1.91. The average molecular weight is 356 g/mol. The third-order valence-corrected chi connectivity index (χ3v) is 4.03. The van der Waals surface area contributed by atoms with Crippen LogP contribution in [0.4, 0.5) is 5.69 Å². The molecule has 0 saturated carbocycles. The third kappa shape index (κ3) is 5.70. The van der Waals surface area contributed by atoms with Gasteiger partial charge in [0.05, 0.1) is 17.8 Å². The van der Waals surface area contributed by atoms with Crippen molar-refractivity contribution in [3.05, 3.63) is 75.3 Å². The number of aliphatic carboxylic acids is 1. The minimum absolute atomic E-state index is 0.0351. The van der Waals surface area contributed by atoms with E-state index in [2.05, 4.69) is 5.32 Å². The molecule has 1 atom stereocenters. The molecule has 1 unspecified atom stereocenters. The van der Waals surface area contributed by atoms with Gasteiger partial charge in [-0.2, -0.15) is 0 Å². The molecule has 0 radical (unpaired) electrons. The van der Waals surface area contributed by atoms with Crippen LogP contribution in [0.25, 0.3) is 0 Å². The number of nitrogens with zero attached hydrogens (tertiary/aromatic N) is 1. The molecular formula is C19H20N2O5. The van der Waals surface area contributed by atoms with Crippen LogP contribution in [0.15, 0.2) is 48.5 Å². The maximum absolute atomic E-state index is 12.3. The Balaban J connectivity index is 2.04. The van der Waals surface area contributed by atoms with E-state index in [4.69, 9.17) is 5.11 Å². The summed E-state index contributed by atoms with van der Waals surface area (Å²) in [7, 11) is 0. The molecule has 0 aliphatic heterocycles. The number of hydrogen-bond acceptors (Lipinski definition) is 4. The van der Waals surface area contributed by atoms with Gasteiger partial charge in [0.15, 0.2) is 0 Å². The van der Waals surface area contributed by atoms with E-state index in [1.807, 2.05) is 31.2 Å². The van der Waals surface area contributed by atoms with Crippen molar-refractivity contribution >= 4 is 17.6 Å². The number of rotatable bonds is 8. The first-order valence-electron chi connectivity index (χ1n) is 8.14. The molecule has 0 aliphatic rings. The number of benzene rings is 2. The minimum atomic E-state index is -1.02. The number of nitrogens with one attached hydrogen (secondary N) is 1. The monoisotopic (exact) mass is 356 g/mol. The molecule has 2 rings (SSSR count). The Morgan fingerprint density at radius 2 is 1.81 bits per heavy atom. The third-order valence-electron chi connectivity index (χ3n) is 4.03. The lowest BCUT2D eigenvalue weighted by atomic mass is 10.0. The number of aryl methyl sites for hydroxylation is 1. The largest absolute Gasteiger partial charge is 0.481 e. The average Bonchev–Trinajstić information content (AvgIpc) is 2.56. The fourth-order valence-corrected chi connectivity index (χ4v) is 2.68. The van der Waals surface area contributed by atoms with Crippen LogP contribution in [0.5, 0.6) is 0 Å². The molecule has 0 spiro atoms. The van der Waals surface area contributed by atoms with Gasteiger partial charge < -0.3 is 10.4 Å². The van der Waals surface area contributed by atoms with E-state index in [0.29, 0.717) is 0 Å². The van der Waals surface area contributed by atoms with Crippen molar-refractivity contribution < 1.29 is 19.6 Å². The topological polar surface area (TPSA) is 110 Å². The molecule has 0 saturated heterocycles. The quantitative estimate of drug-likeness (QED) is 0.558. The molecule has 0 heterocycles. The zero-order valence-electron chi connectivity index (χ0n) is 14.3. The van der Waals surface area contributed by atoms with Crippen molar-refractivity contribution in [3.63, 3.8) is 0 Å². The van der Waals surface area contributed by atoms with E-state index < -0.39 is 16.9 Å². The Kier molecular flexibility index (Phi) is 6.43. The van der Waals surface area contributed by atoms with E-state index in [-0.39, 0.29) is 30.9 Å². The molecule has 1 amide bonds. The Labute approximate surface area is 150 Å². The Morgan fingerprint density at radius 3 is 2.38 bits per heavy atom. The molecule has 2 aromatic carbocycles. The maximum Gasteiger partial charge on any atom is 0.305 e. The predicted molar refractivity (Wildman–Crippen MR) is 95.9 cm³/mol. The van der Waals surface area contributed by atoms with Crippen LogP contribution in [-0.2, 0) is 22.4 Å². The SMILES string of the molecule is Cc1ccccc1CC(=O)NC(CC(=O)O)Cc1ccc([N+](=O)[O-])cc1. The zero-order valence-corrected chi connectivity index (χ0v) is 14.3. The van der Waals surface area contributed by atoms with Gasteiger partial charge in [0.25, 0.3) is 5.69 Å². The van der Waals surface area contributed by atoms with E-state index in [1.54, 1.807) is 12.1 Å². The normalized spacial score (nSPS) is 11.6. The number of non-ortho nitro benzene ring substituents is 1. The molecule has 26 heavy (non-hydrogen) atoms. The van der Waals surface area contributed by atoms with Crippen molar-refractivity contribution in [3.8, 4) is 0 Å². The van der Waals surface area contributed by atoms with Gasteiger partial charge in [-0.15, -0.1) is 0 Å². The highest BCUT2D eigenvalue weighted by Gasteiger charge is 2.18. The summed E-state index contributed by atoms with van der Waals surface area (Å²) in [5, 5.41) is 22.5. The van der Waals surface area contributed by atoms with E-state index in [9.17, 15) is 19.7 Å². The second kappa shape index (κ2) is 8.75. The van der Waals surface area contributed by atoms with Gasteiger partial charge in [0.1, 0.15) is 0 Å². The standard InChI is InChI=1S/C19H20N2O5/c1-13-4-2-3-5-15(13)11-18(22)20-16(12-19(23)24)10-14-6-8-17(9-7-14)21(25)26/h2-9,16H,10-12H2,1H3,(H,20,22)(H,23,24). The number of carbonyl (C=O) groups is 2. The highest BCUT2D eigenvalue weighted by molar-refractivity contribution is 5.80. The summed E-state index contributed by atoms with van der Waals surface area (Å²) in [4.78, 5) is 33.6. The van der Waals surface area contributed by atoms with Crippen LogP contribution in [0.2, 0.25) is 0 Å². The molecule has 0 bridgehead atoms. The van der Waals surface area contributed by atoms with Crippen LogP contribution in [0, 0.1) is 17.0 Å². The van der Waals surface area contributed by atoms with Crippen molar-refractivity contribution in [1.29, 1.82) is 0 Å². The second-order valence-corrected chi connectivity index (χ2v) is 6.09. The molecule has 0 aliphatic carbocycles. The molecule has 0 aromatic heterocycles. The number of carbonyl (C=O) groups excluding carboxylic acids is 1. The summed E-state index contributed by atoms with van der Waals surface area (Å²) in [6.07, 6.45) is 0.226. The lowest BCUT2D eigenvalue weighted by Gasteiger charge is -2.17. The summed E-state index contributed by atoms with van der Waals surface area (Å²) in [5.74, 6) is -1.28. The van der Waals surface area contributed by atoms with Crippen LogP contribution in [0.1, 0.15) is 23.1 Å². The highest BCUT2D eigenvalue weighted by Crippen LogP contribution is 2.14. The van der Waals surface area contributed by atoms with Crippen LogP contribution in [0.3, 0.4) is 0 Å². The first-order valence-corrected chi connectivity index (χ1v) is 8.14. The fraction of sp³-hybridized carbons (Fsp3) is 0.263. The molecule has 0 fully saturated rings. The molecule has 7 heteroatoms. The maximum atomic E-state index is 12.3. The van der Waals surface area contributed by atoms with Crippen LogP contribution in [-0.4, -0.2) is 27.9 Å². The van der Waals surface area contributed by atoms with Crippen LogP contribution < -0.4 is 5.32 Å². The predicted octanol–water partition coefficient (Wildman–Crippen LogP) is 2.65. The van der Waals surface area contributed by atoms with Crippen molar-refractivity contribution in [1.82, 2.24) is 5.32 Å². The van der Waals surface area contributed by atoms with Crippen molar-refractivity contribution in [2.24, 2.45) is 0 Å². The lowest BCUT2D eigenvalue weighted by Crippen LogP contribution is -2.39. The van der Waals surface area contributed by atoms with Gasteiger partial charge in [-0.3, -0.25) is 19.7 Å².